The van der Waals surface area contributed by atoms with Crippen molar-refractivity contribution >= 4 is 66.2 Å². The van der Waals surface area contributed by atoms with Gasteiger partial charge in [-0.1, -0.05) is 102 Å². The number of pyridine rings is 1. The molecular formula is C35H29Cl4FeN3. The van der Waals surface area contributed by atoms with Crippen LogP contribution in [0.3, 0.4) is 0 Å². The molecule has 5 aromatic rings. The Morgan fingerprint density at radius 3 is 1.28 bits per heavy atom. The number of benzene rings is 4. The molecule has 0 bridgehead atoms. The maximum absolute atomic E-state index is 6.69. The topological polar surface area (TPSA) is 37.6 Å². The summed E-state index contributed by atoms with van der Waals surface area (Å²) < 4.78 is 0. The van der Waals surface area contributed by atoms with E-state index in [1.54, 1.807) is 0 Å². The number of aromatic nitrogens is 1. The number of aryl methyl sites for hydroxylation is 4. The van der Waals surface area contributed by atoms with Crippen LogP contribution in [0.25, 0.3) is 0 Å². The molecule has 0 atom stereocenters. The predicted molar refractivity (Wildman–Crippen MR) is 181 cm³/mol. The van der Waals surface area contributed by atoms with E-state index in [0.717, 1.165) is 67.6 Å². The van der Waals surface area contributed by atoms with Crippen molar-refractivity contribution in [3.05, 3.63) is 158 Å². The van der Waals surface area contributed by atoms with Crippen LogP contribution in [0.2, 0.25) is 10.0 Å². The van der Waals surface area contributed by atoms with E-state index in [1.165, 1.54) is 0 Å². The standard InChI is InChI=1S/C35H29Cl2N3.2ClH.Fe/c1-22-18-24(3)32(28(36)20-22)39-34(26-12-7-5-8-13-26)30-16-11-17-31(38-30)35(27-14-9-6-10-15-27)40-33-25(4)19-23(2)21-29(33)37;;;/h5-21H,1-4H3;2*1H;/q;;;+2/p-2. The Morgan fingerprint density at radius 1 is 0.558 bits per heavy atom. The quantitative estimate of drug-likeness (QED) is 0.129. The zero-order valence-corrected chi connectivity index (χ0v) is 28.1. The van der Waals surface area contributed by atoms with Gasteiger partial charge in [0.2, 0.25) is 0 Å². The van der Waals surface area contributed by atoms with Gasteiger partial charge in [-0.25, -0.2) is 15.0 Å². The Balaban J connectivity index is 0.00000135. The molecule has 0 aliphatic carbocycles. The van der Waals surface area contributed by atoms with Crippen molar-refractivity contribution in [2.75, 3.05) is 0 Å². The molecule has 5 rings (SSSR count). The third-order valence-electron chi connectivity index (χ3n) is 6.57. The summed E-state index contributed by atoms with van der Waals surface area (Å²) in [4.78, 5) is 15.3. The van der Waals surface area contributed by atoms with Crippen molar-refractivity contribution in [2.45, 2.75) is 27.7 Å². The van der Waals surface area contributed by atoms with E-state index in [4.69, 9.17) is 58.4 Å². The second-order valence-electron chi connectivity index (χ2n) is 9.94. The van der Waals surface area contributed by atoms with Gasteiger partial charge >= 0.3 is 33.3 Å². The predicted octanol–water partition coefficient (Wildman–Crippen LogP) is 11.3. The summed E-state index contributed by atoms with van der Waals surface area (Å²) >= 11 is 13.6. The first-order valence-corrected chi connectivity index (χ1v) is 17.2. The molecule has 0 aliphatic heterocycles. The molecule has 0 radical (unpaired) electrons. The summed E-state index contributed by atoms with van der Waals surface area (Å²) in [6.45, 7) is 8.11. The van der Waals surface area contributed by atoms with Crippen LogP contribution in [0.4, 0.5) is 11.4 Å². The van der Waals surface area contributed by atoms with Gasteiger partial charge in [0, 0.05) is 11.1 Å². The fraction of sp³-hybridized carbons (Fsp3) is 0.114. The van der Waals surface area contributed by atoms with Crippen molar-refractivity contribution in [1.29, 1.82) is 0 Å². The molecule has 0 saturated heterocycles. The fourth-order valence-electron chi connectivity index (χ4n) is 4.75. The summed E-state index contributed by atoms with van der Waals surface area (Å²) in [5.41, 5.74) is 10.4. The van der Waals surface area contributed by atoms with E-state index >= 15 is 0 Å². The molecule has 0 spiro atoms. The molecule has 0 aliphatic rings. The second kappa shape index (κ2) is 15.7. The average molecular weight is 689 g/mol. The molecule has 1 aromatic heterocycles. The molecule has 220 valence electrons. The van der Waals surface area contributed by atoms with E-state index in [-0.39, 0.29) is 13.1 Å². The number of aliphatic imine (C=N–C) groups is 2. The number of nitrogens with zero attached hydrogens (tertiary/aromatic N) is 3. The Bertz CT molecular complexity index is 1600. The average Bonchev–Trinajstić information content (AvgIpc) is 2.98. The van der Waals surface area contributed by atoms with Crippen LogP contribution < -0.4 is 0 Å². The van der Waals surface area contributed by atoms with Gasteiger partial charge in [-0.2, -0.15) is 0 Å². The van der Waals surface area contributed by atoms with Crippen LogP contribution in [0.15, 0.2) is 113 Å². The van der Waals surface area contributed by atoms with Crippen LogP contribution in [-0.2, 0) is 13.1 Å². The van der Waals surface area contributed by atoms with Crippen molar-refractivity contribution in [3.8, 4) is 0 Å². The zero-order chi connectivity index (χ0) is 30.9. The molecule has 0 amide bonds. The summed E-state index contributed by atoms with van der Waals surface area (Å²) in [6, 6.07) is 34.1. The van der Waals surface area contributed by atoms with Gasteiger partial charge < -0.3 is 0 Å². The summed E-state index contributed by atoms with van der Waals surface area (Å²) in [5, 5.41) is 1.22. The molecule has 43 heavy (non-hydrogen) atoms. The molecule has 8 heteroatoms. The van der Waals surface area contributed by atoms with Crippen LogP contribution in [0.1, 0.15) is 44.8 Å². The first-order valence-electron chi connectivity index (χ1n) is 13.4. The van der Waals surface area contributed by atoms with E-state index in [9.17, 15) is 0 Å². The van der Waals surface area contributed by atoms with Crippen LogP contribution in [0.5, 0.6) is 0 Å². The van der Waals surface area contributed by atoms with Gasteiger partial charge in [0.15, 0.2) is 0 Å². The zero-order valence-electron chi connectivity index (χ0n) is 24.0. The van der Waals surface area contributed by atoms with E-state index in [2.05, 4.69) is 12.1 Å². The SMILES string of the molecule is Cc1cc(C)c(N=C(c2ccccc2)c2cccc(C(=Nc3c(C)cc(C)cc3Cl)c3ccccc3)n2)c(Cl)c1.[Cl][Fe][Cl]. The van der Waals surface area contributed by atoms with Crippen molar-refractivity contribution in [3.63, 3.8) is 0 Å². The van der Waals surface area contributed by atoms with E-state index in [1.807, 2.05) is 119 Å². The van der Waals surface area contributed by atoms with Crippen LogP contribution in [0, 0.1) is 27.7 Å². The molecule has 0 N–H and O–H groups in total. The minimum atomic E-state index is 0.194. The fourth-order valence-corrected chi connectivity index (χ4v) is 5.48. The Kier molecular flexibility index (Phi) is 12.0. The number of hydrogen-bond acceptors (Lipinski definition) is 3. The van der Waals surface area contributed by atoms with Gasteiger partial charge in [-0.3, -0.25) is 0 Å². The van der Waals surface area contributed by atoms with Gasteiger partial charge in [-0.15, -0.1) is 0 Å². The third kappa shape index (κ3) is 8.58. The second-order valence-corrected chi connectivity index (χ2v) is 12.6. The van der Waals surface area contributed by atoms with Gasteiger partial charge in [0.25, 0.3) is 0 Å². The van der Waals surface area contributed by atoms with E-state index < -0.39 is 0 Å². The first-order chi connectivity index (χ1) is 20.7. The molecule has 0 saturated carbocycles. The van der Waals surface area contributed by atoms with Gasteiger partial charge in [-0.05, 0) is 74.2 Å². The van der Waals surface area contributed by atoms with Crippen molar-refractivity contribution < 1.29 is 13.1 Å². The molecule has 3 nitrogen and oxygen atoms in total. The summed E-state index contributed by atoms with van der Waals surface area (Å²) in [6.07, 6.45) is 0. The van der Waals surface area contributed by atoms with E-state index in [0.29, 0.717) is 10.0 Å². The molecule has 0 fully saturated rings. The minimum absolute atomic E-state index is 0.194. The Morgan fingerprint density at radius 2 is 0.930 bits per heavy atom. The number of rotatable bonds is 6. The first kappa shape index (κ1) is 33.0. The van der Waals surface area contributed by atoms with Crippen LogP contribution in [-0.4, -0.2) is 16.4 Å². The monoisotopic (exact) mass is 687 g/mol. The van der Waals surface area contributed by atoms with Crippen molar-refractivity contribution in [2.24, 2.45) is 9.98 Å². The van der Waals surface area contributed by atoms with Gasteiger partial charge in [0.05, 0.1) is 44.2 Å². The normalized spacial score (nSPS) is 11.7. The molecule has 1 heterocycles. The number of halogens is 4. The third-order valence-corrected chi connectivity index (χ3v) is 7.15. The number of hydrogen-bond donors (Lipinski definition) is 0. The van der Waals surface area contributed by atoms with Crippen LogP contribution >= 0.6 is 43.4 Å². The Labute approximate surface area is 278 Å². The Hall–Kier alpha value is -2.95. The molecule has 4 aromatic carbocycles. The van der Waals surface area contributed by atoms with Crippen molar-refractivity contribution in [1.82, 2.24) is 4.98 Å². The maximum atomic E-state index is 6.69. The molecule has 0 unspecified atom stereocenters. The summed E-state index contributed by atoms with van der Waals surface area (Å²) in [5.74, 6) is 0. The summed E-state index contributed by atoms with van der Waals surface area (Å²) in [7, 11) is 9.53. The molecular weight excluding hydrogens is 660 g/mol. The van der Waals surface area contributed by atoms with Gasteiger partial charge in [0.1, 0.15) is 0 Å².